The first-order chi connectivity index (χ1) is 11.1. The minimum Gasteiger partial charge on any atom is -0.324 e. The molecule has 0 spiro atoms. The predicted octanol–water partition coefficient (Wildman–Crippen LogP) is 3.81. The van der Waals surface area contributed by atoms with Gasteiger partial charge in [-0.1, -0.05) is 63.3 Å². The maximum Gasteiger partial charge on any atom is 0.341 e. The third-order valence-electron chi connectivity index (χ3n) is 4.01. The van der Waals surface area contributed by atoms with E-state index in [0.29, 0.717) is 5.56 Å². The molecule has 1 aromatic rings. The van der Waals surface area contributed by atoms with Gasteiger partial charge in [0.25, 0.3) is 0 Å². The van der Waals surface area contributed by atoms with Crippen LogP contribution in [-0.4, -0.2) is 25.0 Å². The molecule has 0 aliphatic heterocycles. The summed E-state index contributed by atoms with van der Waals surface area (Å²) >= 11 is 0. The Hall–Kier alpha value is -0.480. The molecule has 8 heteroatoms. The quantitative estimate of drug-likeness (QED) is 0.344. The van der Waals surface area contributed by atoms with Gasteiger partial charge < -0.3 is 19.6 Å². The van der Waals surface area contributed by atoms with Crippen molar-refractivity contribution in [1.29, 1.82) is 0 Å². The van der Waals surface area contributed by atoms with Gasteiger partial charge in [-0.05, 0) is 30.4 Å². The molecule has 138 valence electrons. The third-order valence-corrected chi connectivity index (χ3v) is 7.73. The van der Waals surface area contributed by atoms with Crippen LogP contribution in [0.1, 0.15) is 56.6 Å². The lowest BCUT2D eigenvalue weighted by Crippen LogP contribution is -2.12. The largest absolute Gasteiger partial charge is 0.341 e. The van der Waals surface area contributed by atoms with Gasteiger partial charge in [0, 0.05) is 0 Å². The van der Waals surface area contributed by atoms with E-state index in [-0.39, 0.29) is 6.42 Å². The maximum absolute atomic E-state index is 11.4. The topological polar surface area (TPSA) is 115 Å². The van der Waals surface area contributed by atoms with Gasteiger partial charge in [-0.3, -0.25) is 9.13 Å². The van der Waals surface area contributed by atoms with Gasteiger partial charge >= 0.3 is 15.2 Å². The highest BCUT2D eigenvalue weighted by Gasteiger charge is 2.43. The van der Waals surface area contributed by atoms with Crippen LogP contribution >= 0.6 is 15.2 Å². The third kappa shape index (κ3) is 8.06. The fraction of sp³-hybridized carbons (Fsp3) is 0.625. The minimum absolute atomic E-state index is 0.334. The Morgan fingerprint density at radius 1 is 0.875 bits per heavy atom. The summed E-state index contributed by atoms with van der Waals surface area (Å²) in [7, 11) is -9.76. The number of hydrogen-bond acceptors (Lipinski definition) is 2. The summed E-state index contributed by atoms with van der Waals surface area (Å²) in [6.45, 7) is 2.17. The molecule has 4 N–H and O–H groups in total. The van der Waals surface area contributed by atoms with Crippen molar-refractivity contribution in [3.8, 4) is 0 Å². The molecular weight excluding hydrogens is 350 g/mol. The summed E-state index contributed by atoms with van der Waals surface area (Å²) < 4.78 is 22.7. The zero-order valence-corrected chi connectivity index (χ0v) is 15.8. The van der Waals surface area contributed by atoms with Gasteiger partial charge in [0.05, 0.1) is 0 Å². The normalized spacial score (nSPS) is 12.8. The first-order valence-corrected chi connectivity index (χ1v) is 11.7. The molecule has 0 aliphatic rings. The van der Waals surface area contributed by atoms with Crippen molar-refractivity contribution in [2.24, 2.45) is 0 Å². The lowest BCUT2D eigenvalue weighted by molar-refractivity contribution is 0.338. The van der Waals surface area contributed by atoms with Crippen molar-refractivity contribution < 1.29 is 28.7 Å². The predicted molar refractivity (Wildman–Crippen MR) is 95.1 cm³/mol. The molecule has 0 aliphatic carbocycles. The van der Waals surface area contributed by atoms with Crippen molar-refractivity contribution in [1.82, 2.24) is 0 Å². The van der Waals surface area contributed by atoms with Crippen LogP contribution in [0.5, 0.6) is 0 Å². The zero-order chi connectivity index (χ0) is 18.2. The number of hydrogen-bond donors (Lipinski definition) is 4. The second-order valence-corrected chi connectivity index (χ2v) is 10.2. The number of benzene rings is 1. The van der Waals surface area contributed by atoms with E-state index in [1.54, 1.807) is 18.2 Å². The summed E-state index contributed by atoms with van der Waals surface area (Å²) in [6, 6.07) is 7.12. The smallest absolute Gasteiger partial charge is 0.324 e. The minimum atomic E-state index is -4.88. The molecule has 1 aromatic carbocycles. The van der Waals surface area contributed by atoms with Gasteiger partial charge in [0.2, 0.25) is 0 Å². The molecule has 0 saturated heterocycles. The highest BCUT2D eigenvalue weighted by molar-refractivity contribution is 7.70. The molecule has 0 bridgehead atoms. The number of rotatable bonds is 11. The maximum atomic E-state index is 11.4. The van der Waals surface area contributed by atoms with E-state index >= 15 is 0 Å². The number of aryl methyl sites for hydroxylation is 1. The van der Waals surface area contributed by atoms with Crippen LogP contribution in [0, 0.1) is 0 Å². The molecule has 0 amide bonds. The molecular formula is C16H28O6P2. The standard InChI is InChI=1S/C16H28O6P2/c1-2-3-4-5-6-7-9-14-10-8-11-15(12-14)13-16(23(17,18)19)24(20,21)22/h8,10-12,16H,2-7,9,13H2,1H3,(H2,17,18,19)(H2,20,21,22). The molecule has 1 rings (SSSR count). The highest BCUT2D eigenvalue weighted by Crippen LogP contribution is 2.60. The van der Waals surface area contributed by atoms with Crippen molar-refractivity contribution in [2.45, 2.75) is 63.7 Å². The van der Waals surface area contributed by atoms with Crippen LogP contribution in [-0.2, 0) is 22.0 Å². The van der Waals surface area contributed by atoms with E-state index in [1.165, 1.54) is 25.7 Å². The van der Waals surface area contributed by atoms with Gasteiger partial charge in [-0.2, -0.15) is 0 Å². The SMILES string of the molecule is CCCCCCCCc1cccc(CC(P(=O)(O)O)P(=O)(O)O)c1. The molecule has 24 heavy (non-hydrogen) atoms. The van der Waals surface area contributed by atoms with E-state index in [0.717, 1.165) is 24.8 Å². The van der Waals surface area contributed by atoms with E-state index in [2.05, 4.69) is 6.92 Å². The first-order valence-electron chi connectivity index (χ1n) is 8.33. The van der Waals surface area contributed by atoms with Crippen molar-refractivity contribution in [3.63, 3.8) is 0 Å². The monoisotopic (exact) mass is 378 g/mol. The van der Waals surface area contributed by atoms with Crippen LogP contribution < -0.4 is 0 Å². The van der Waals surface area contributed by atoms with Crippen LogP contribution in [0.3, 0.4) is 0 Å². The van der Waals surface area contributed by atoms with E-state index < -0.39 is 20.6 Å². The second kappa shape index (κ2) is 9.86. The molecule has 0 radical (unpaired) electrons. The Labute approximate surface area is 143 Å². The zero-order valence-electron chi connectivity index (χ0n) is 14.0. The van der Waals surface area contributed by atoms with Crippen LogP contribution in [0.2, 0.25) is 0 Å². The van der Waals surface area contributed by atoms with Crippen LogP contribution in [0.4, 0.5) is 0 Å². The molecule has 0 unspecified atom stereocenters. The molecule has 6 nitrogen and oxygen atoms in total. The second-order valence-electron chi connectivity index (χ2n) is 6.20. The van der Waals surface area contributed by atoms with E-state index in [1.807, 2.05) is 6.07 Å². The Morgan fingerprint density at radius 3 is 2.00 bits per heavy atom. The fourth-order valence-corrected chi connectivity index (χ4v) is 5.13. The molecule has 0 heterocycles. The van der Waals surface area contributed by atoms with E-state index in [9.17, 15) is 28.7 Å². The summed E-state index contributed by atoms with van der Waals surface area (Å²) in [5.74, 6) is 0. The summed E-state index contributed by atoms with van der Waals surface area (Å²) in [5, 5.41) is -1.98. The lowest BCUT2D eigenvalue weighted by atomic mass is 10.0. The average Bonchev–Trinajstić information content (AvgIpc) is 2.46. The Balaban J connectivity index is 2.64. The Kier molecular flexibility index (Phi) is 8.86. The molecule has 0 atom stereocenters. The van der Waals surface area contributed by atoms with Gasteiger partial charge in [-0.25, -0.2) is 0 Å². The average molecular weight is 378 g/mol. The first kappa shape index (κ1) is 21.6. The Bertz CT molecular complexity index is 570. The van der Waals surface area contributed by atoms with Gasteiger partial charge in [0.15, 0.2) is 5.40 Å². The van der Waals surface area contributed by atoms with Gasteiger partial charge in [0.1, 0.15) is 0 Å². The van der Waals surface area contributed by atoms with Crippen molar-refractivity contribution >= 4 is 15.2 Å². The summed E-state index contributed by atoms with van der Waals surface area (Å²) in [5.41, 5.74) is 1.56. The molecule has 0 fully saturated rings. The van der Waals surface area contributed by atoms with E-state index in [4.69, 9.17) is 0 Å². The van der Waals surface area contributed by atoms with Crippen LogP contribution in [0.15, 0.2) is 24.3 Å². The van der Waals surface area contributed by atoms with Gasteiger partial charge in [-0.15, -0.1) is 0 Å². The lowest BCUT2D eigenvalue weighted by Gasteiger charge is -2.19. The Morgan fingerprint density at radius 2 is 1.42 bits per heavy atom. The van der Waals surface area contributed by atoms with Crippen LogP contribution in [0.25, 0.3) is 0 Å². The highest BCUT2D eigenvalue weighted by atomic mass is 31.2. The van der Waals surface area contributed by atoms with Crippen molar-refractivity contribution in [2.75, 3.05) is 0 Å². The molecule has 0 saturated carbocycles. The molecule has 0 aromatic heterocycles. The fourth-order valence-electron chi connectivity index (χ4n) is 2.67. The van der Waals surface area contributed by atoms with Crippen molar-refractivity contribution in [3.05, 3.63) is 35.4 Å². The summed E-state index contributed by atoms with van der Waals surface area (Å²) in [6.07, 6.45) is 7.60. The number of unbranched alkanes of at least 4 members (excludes halogenated alkanes) is 5. The summed E-state index contributed by atoms with van der Waals surface area (Å²) in [4.78, 5) is 36.8.